The molecule has 1 aliphatic rings. The van der Waals surface area contributed by atoms with Crippen LogP contribution in [0.1, 0.15) is 103 Å². The molecule has 0 amide bonds. The number of nitrogens with two attached hydrogens (primary N) is 1. The van der Waals surface area contributed by atoms with Gasteiger partial charge in [0, 0.05) is 19.0 Å². The predicted octanol–water partition coefficient (Wildman–Crippen LogP) is 3.67. The number of hydrogen-bond donors (Lipinski definition) is 3. The third-order valence-electron chi connectivity index (χ3n) is 6.60. The molecule has 1 aliphatic heterocycles. The van der Waals surface area contributed by atoms with Gasteiger partial charge in [-0.2, -0.15) is 4.98 Å². The Morgan fingerprint density at radius 3 is 2.12 bits per heavy atom. The van der Waals surface area contributed by atoms with E-state index >= 15 is 0 Å². The fourth-order valence-corrected chi connectivity index (χ4v) is 4.61. The molecule has 0 saturated carbocycles. The summed E-state index contributed by atoms with van der Waals surface area (Å²) < 4.78 is 6.88. The number of carbonyl (C=O) groups excluding carboxylic acids is 1. The van der Waals surface area contributed by atoms with Crippen molar-refractivity contribution in [2.24, 2.45) is 0 Å². The lowest BCUT2D eigenvalue weighted by Gasteiger charge is -2.29. The Hall–Kier alpha value is -1.77. The van der Waals surface area contributed by atoms with Gasteiger partial charge in [0.2, 0.25) is 5.72 Å². The molecular formula is C25H43N3O5. The first-order valence-corrected chi connectivity index (χ1v) is 12.8. The van der Waals surface area contributed by atoms with Gasteiger partial charge in [-0.1, -0.05) is 84.0 Å². The monoisotopic (exact) mass is 465 g/mol. The van der Waals surface area contributed by atoms with E-state index in [1.54, 1.807) is 0 Å². The Morgan fingerprint density at radius 2 is 1.64 bits per heavy atom. The largest absolute Gasteiger partial charge is 0.394 e. The molecule has 0 aromatic carbocycles. The van der Waals surface area contributed by atoms with Gasteiger partial charge in [0.15, 0.2) is 5.78 Å². The third-order valence-corrected chi connectivity index (χ3v) is 6.60. The molecule has 1 fully saturated rings. The standard InChI is InChI=1S/C25H43N3O5/c1-2-3-4-5-6-7-8-9-10-11-12-13-14-15-22(31)25(18-20(30)21(19-29)33-25)28-17-16-23(26)27-24(28)32/h16-17,20-21,29-30H,2-15,18-19H2,1H3,(H2,26,27,32)/t20-,21+,25-/m0/s1. The summed E-state index contributed by atoms with van der Waals surface area (Å²) in [5, 5.41) is 19.8. The fourth-order valence-electron chi connectivity index (χ4n) is 4.61. The first-order valence-electron chi connectivity index (χ1n) is 12.8. The van der Waals surface area contributed by atoms with Gasteiger partial charge in [0.25, 0.3) is 0 Å². The first kappa shape index (κ1) is 27.5. The molecule has 2 heterocycles. The van der Waals surface area contributed by atoms with Crippen LogP contribution in [0, 0.1) is 0 Å². The van der Waals surface area contributed by atoms with Gasteiger partial charge in [0.1, 0.15) is 11.9 Å². The van der Waals surface area contributed by atoms with E-state index in [1.807, 2.05) is 0 Å². The molecule has 188 valence electrons. The van der Waals surface area contributed by atoms with Crippen LogP contribution < -0.4 is 11.4 Å². The first-order chi connectivity index (χ1) is 15.9. The molecule has 2 rings (SSSR count). The highest BCUT2D eigenvalue weighted by Crippen LogP contribution is 2.36. The van der Waals surface area contributed by atoms with Gasteiger partial charge in [-0.25, -0.2) is 4.79 Å². The highest BCUT2D eigenvalue weighted by molar-refractivity contribution is 5.85. The molecule has 3 atom stereocenters. The van der Waals surface area contributed by atoms with Crippen molar-refractivity contribution in [3.05, 3.63) is 22.7 Å². The van der Waals surface area contributed by atoms with Crippen molar-refractivity contribution >= 4 is 11.6 Å². The summed E-state index contributed by atoms with van der Waals surface area (Å²) in [5.41, 5.74) is 3.22. The number of aliphatic hydroxyl groups is 2. The fraction of sp³-hybridized carbons (Fsp3) is 0.800. The number of ketones is 1. The third kappa shape index (κ3) is 8.19. The Labute approximate surface area is 197 Å². The Morgan fingerprint density at radius 1 is 1.09 bits per heavy atom. The molecule has 1 aromatic rings. The van der Waals surface area contributed by atoms with Crippen LogP contribution in [-0.2, 0) is 15.3 Å². The summed E-state index contributed by atoms with van der Waals surface area (Å²) in [5.74, 6) is -0.234. The molecule has 0 spiro atoms. The van der Waals surface area contributed by atoms with Crippen molar-refractivity contribution < 1.29 is 19.7 Å². The summed E-state index contributed by atoms with van der Waals surface area (Å²) in [6, 6.07) is 1.42. The predicted molar refractivity (Wildman–Crippen MR) is 129 cm³/mol. The summed E-state index contributed by atoms with van der Waals surface area (Å²) in [6.45, 7) is 1.80. The van der Waals surface area contributed by atoms with Gasteiger partial charge in [0.05, 0.1) is 12.7 Å². The summed E-state index contributed by atoms with van der Waals surface area (Å²) in [4.78, 5) is 29.3. The molecule has 0 aliphatic carbocycles. The molecular weight excluding hydrogens is 422 g/mol. The van der Waals surface area contributed by atoms with E-state index in [9.17, 15) is 19.8 Å². The van der Waals surface area contributed by atoms with Crippen molar-refractivity contribution in [2.75, 3.05) is 12.3 Å². The van der Waals surface area contributed by atoms with E-state index in [-0.39, 0.29) is 24.4 Å². The number of rotatable bonds is 17. The van der Waals surface area contributed by atoms with Crippen LogP contribution in [0.2, 0.25) is 0 Å². The minimum atomic E-state index is -1.65. The van der Waals surface area contributed by atoms with Crippen molar-refractivity contribution in [1.82, 2.24) is 9.55 Å². The quantitative estimate of drug-likeness (QED) is 0.299. The minimum Gasteiger partial charge on any atom is -0.394 e. The second-order valence-corrected chi connectivity index (χ2v) is 9.32. The van der Waals surface area contributed by atoms with Crippen molar-refractivity contribution in [2.45, 2.75) is 121 Å². The van der Waals surface area contributed by atoms with Crippen molar-refractivity contribution in [3.8, 4) is 0 Å². The maximum atomic E-state index is 13.2. The molecule has 0 radical (unpaired) electrons. The second kappa shape index (κ2) is 14.5. The van der Waals surface area contributed by atoms with E-state index in [0.29, 0.717) is 6.42 Å². The number of Topliss-reactive ketones (excluding diaryl/α,β-unsaturated/α-hetero) is 1. The summed E-state index contributed by atoms with van der Waals surface area (Å²) in [6.07, 6.45) is 15.3. The number of aliphatic hydroxyl groups excluding tert-OH is 2. The van der Waals surface area contributed by atoms with E-state index in [2.05, 4.69) is 11.9 Å². The van der Waals surface area contributed by atoms with E-state index in [4.69, 9.17) is 10.5 Å². The number of ether oxygens (including phenoxy) is 1. The molecule has 0 bridgehead atoms. The maximum absolute atomic E-state index is 13.2. The van der Waals surface area contributed by atoms with E-state index < -0.39 is 30.2 Å². The molecule has 8 nitrogen and oxygen atoms in total. The molecule has 8 heteroatoms. The van der Waals surface area contributed by atoms with Gasteiger partial charge >= 0.3 is 5.69 Å². The topological polar surface area (TPSA) is 128 Å². The number of carbonyl (C=O) groups is 1. The number of unbranched alkanes of at least 4 members (excludes halogenated alkanes) is 12. The van der Waals surface area contributed by atoms with Crippen LogP contribution in [-0.4, -0.2) is 44.4 Å². The van der Waals surface area contributed by atoms with Crippen LogP contribution in [0.15, 0.2) is 17.1 Å². The minimum absolute atomic E-state index is 0.0487. The normalized spacial score (nSPS) is 22.6. The highest BCUT2D eigenvalue weighted by atomic mass is 16.6. The number of aromatic nitrogens is 2. The molecule has 1 saturated heterocycles. The van der Waals surface area contributed by atoms with Crippen LogP contribution >= 0.6 is 0 Å². The smallest absolute Gasteiger partial charge is 0.352 e. The van der Waals surface area contributed by atoms with Gasteiger partial charge in [-0.05, 0) is 12.5 Å². The zero-order valence-electron chi connectivity index (χ0n) is 20.2. The molecule has 0 unspecified atom stereocenters. The maximum Gasteiger partial charge on any atom is 0.352 e. The van der Waals surface area contributed by atoms with Crippen molar-refractivity contribution in [1.29, 1.82) is 0 Å². The second-order valence-electron chi connectivity index (χ2n) is 9.32. The molecule has 4 N–H and O–H groups in total. The summed E-state index contributed by atoms with van der Waals surface area (Å²) >= 11 is 0. The average Bonchev–Trinajstić information content (AvgIpc) is 3.14. The van der Waals surface area contributed by atoms with Crippen LogP contribution in [0.5, 0.6) is 0 Å². The lowest BCUT2D eigenvalue weighted by atomic mass is 9.96. The lowest BCUT2D eigenvalue weighted by molar-refractivity contribution is -0.162. The van der Waals surface area contributed by atoms with E-state index in [1.165, 1.54) is 70.1 Å². The van der Waals surface area contributed by atoms with Gasteiger partial charge in [-0.3, -0.25) is 9.36 Å². The lowest BCUT2D eigenvalue weighted by Crippen LogP contribution is -2.48. The van der Waals surface area contributed by atoms with Gasteiger partial charge < -0.3 is 20.7 Å². The number of nitrogen functional groups attached to an aromatic ring is 1. The highest BCUT2D eigenvalue weighted by Gasteiger charge is 2.52. The van der Waals surface area contributed by atoms with Crippen molar-refractivity contribution in [3.63, 3.8) is 0 Å². The SMILES string of the molecule is CCCCCCCCCCCCCCCC(=O)[C@]1(n2ccc(N)nc2=O)C[C@H](O)[C@@H](CO)O1. The number of anilines is 1. The average molecular weight is 466 g/mol. The van der Waals surface area contributed by atoms with E-state index in [0.717, 1.165) is 23.8 Å². The Balaban J connectivity index is 1.74. The summed E-state index contributed by atoms with van der Waals surface area (Å²) in [7, 11) is 0. The molecule has 33 heavy (non-hydrogen) atoms. The zero-order valence-corrected chi connectivity index (χ0v) is 20.2. The van der Waals surface area contributed by atoms with Crippen LogP contribution in [0.4, 0.5) is 5.82 Å². The van der Waals surface area contributed by atoms with Crippen LogP contribution in [0.3, 0.4) is 0 Å². The van der Waals surface area contributed by atoms with Gasteiger partial charge in [-0.15, -0.1) is 0 Å². The van der Waals surface area contributed by atoms with Crippen LogP contribution in [0.25, 0.3) is 0 Å². The Bertz CT molecular complexity index is 769. The molecule has 1 aromatic heterocycles. The number of hydrogen-bond acceptors (Lipinski definition) is 7. The zero-order chi connectivity index (χ0) is 24.1. The Kier molecular flexibility index (Phi) is 12.1. The number of nitrogens with zero attached hydrogens (tertiary/aromatic N) is 2.